The standard InChI is InChI=1S/C6H7BF3S.K/c8-7(9,10)4-3-6-2-1-5-11-6;/h1-2,5H,3-4H2;/q-1;+1. The van der Waals surface area contributed by atoms with Crippen LogP contribution in [0.1, 0.15) is 4.88 Å². The second kappa shape index (κ2) is 5.82. The van der Waals surface area contributed by atoms with Crippen molar-refractivity contribution in [3.05, 3.63) is 22.4 Å². The first-order chi connectivity index (χ1) is 5.08. The fourth-order valence-corrected chi connectivity index (χ4v) is 1.49. The normalized spacial score (nSPS) is 10.9. The van der Waals surface area contributed by atoms with Gasteiger partial charge in [0.05, 0.1) is 0 Å². The molecular weight excluding hydrogens is 211 g/mol. The van der Waals surface area contributed by atoms with Gasteiger partial charge >= 0.3 is 58.4 Å². The summed E-state index contributed by atoms with van der Waals surface area (Å²) in [4.78, 5) is 0.809. The van der Waals surface area contributed by atoms with Gasteiger partial charge in [-0.25, -0.2) is 0 Å². The monoisotopic (exact) mass is 218 g/mol. The van der Waals surface area contributed by atoms with Crippen LogP contribution in [0.25, 0.3) is 0 Å². The summed E-state index contributed by atoms with van der Waals surface area (Å²) in [6.07, 6.45) is -0.512. The SMILES string of the molecule is F[B-](F)(F)CCc1cccs1.[K+]. The smallest absolute Gasteiger partial charge is 0.449 e. The summed E-state index contributed by atoms with van der Waals surface area (Å²) >= 11 is 1.37. The van der Waals surface area contributed by atoms with Crippen LogP contribution >= 0.6 is 11.3 Å². The third-order valence-electron chi connectivity index (χ3n) is 1.30. The average molecular weight is 218 g/mol. The van der Waals surface area contributed by atoms with Gasteiger partial charge in [-0.3, -0.25) is 0 Å². The van der Waals surface area contributed by atoms with E-state index in [9.17, 15) is 12.9 Å². The van der Waals surface area contributed by atoms with Crippen molar-refractivity contribution < 1.29 is 64.3 Å². The van der Waals surface area contributed by atoms with Crippen LogP contribution < -0.4 is 51.4 Å². The summed E-state index contributed by atoms with van der Waals surface area (Å²) in [5, 5.41) is 1.79. The molecule has 12 heavy (non-hydrogen) atoms. The van der Waals surface area contributed by atoms with E-state index in [4.69, 9.17) is 0 Å². The maximum Gasteiger partial charge on any atom is 1.00 e. The largest absolute Gasteiger partial charge is 1.00 e. The van der Waals surface area contributed by atoms with Crippen molar-refractivity contribution in [3.63, 3.8) is 0 Å². The van der Waals surface area contributed by atoms with Gasteiger partial charge in [-0.1, -0.05) is 12.4 Å². The molecule has 0 spiro atoms. The van der Waals surface area contributed by atoms with Crippen molar-refractivity contribution >= 4 is 18.3 Å². The molecule has 0 aliphatic carbocycles. The first-order valence-electron chi connectivity index (χ1n) is 3.31. The molecule has 0 nitrogen and oxygen atoms in total. The van der Waals surface area contributed by atoms with Crippen molar-refractivity contribution in [1.82, 2.24) is 0 Å². The van der Waals surface area contributed by atoms with E-state index in [1.54, 1.807) is 17.5 Å². The molecule has 0 amide bonds. The molecule has 0 fully saturated rings. The fourth-order valence-electron chi connectivity index (χ4n) is 0.761. The van der Waals surface area contributed by atoms with Crippen LogP contribution in [-0.4, -0.2) is 6.98 Å². The van der Waals surface area contributed by atoms with Gasteiger partial charge in [-0.2, -0.15) is 0 Å². The quantitative estimate of drug-likeness (QED) is 0.633. The Morgan fingerprint density at radius 2 is 2.00 bits per heavy atom. The van der Waals surface area contributed by atoms with Gasteiger partial charge in [0.25, 0.3) is 0 Å². The number of aryl methyl sites for hydroxylation is 1. The minimum atomic E-state index is -4.60. The van der Waals surface area contributed by atoms with E-state index in [1.165, 1.54) is 11.3 Å². The van der Waals surface area contributed by atoms with E-state index in [0.29, 0.717) is 0 Å². The van der Waals surface area contributed by atoms with Crippen LogP contribution in [0.2, 0.25) is 6.32 Å². The van der Waals surface area contributed by atoms with Crippen molar-refractivity contribution in [2.75, 3.05) is 0 Å². The number of hydrogen-bond acceptors (Lipinski definition) is 1. The molecule has 1 heterocycles. The zero-order valence-electron chi connectivity index (χ0n) is 6.77. The van der Waals surface area contributed by atoms with Gasteiger partial charge in [-0.05, 0) is 17.9 Å². The number of halogens is 3. The van der Waals surface area contributed by atoms with E-state index in [-0.39, 0.29) is 57.8 Å². The molecule has 0 N–H and O–H groups in total. The average Bonchev–Trinajstić information content (AvgIpc) is 2.32. The molecule has 0 saturated heterocycles. The van der Waals surface area contributed by atoms with Crippen molar-refractivity contribution in [2.24, 2.45) is 0 Å². The zero-order chi connectivity index (χ0) is 8.32. The third kappa shape index (κ3) is 5.77. The maximum atomic E-state index is 11.7. The minimum Gasteiger partial charge on any atom is -0.449 e. The summed E-state index contributed by atoms with van der Waals surface area (Å²) in [5.74, 6) is 0. The Bertz CT molecular complexity index is 209. The molecule has 0 aliphatic heterocycles. The molecule has 0 saturated carbocycles. The Balaban J connectivity index is 0.00000121. The molecule has 0 radical (unpaired) electrons. The minimum absolute atomic E-state index is 0. The predicted molar refractivity (Wildman–Crippen MR) is 41.9 cm³/mol. The number of rotatable bonds is 3. The molecule has 1 aromatic heterocycles. The first kappa shape index (κ1) is 13.2. The summed E-state index contributed by atoms with van der Waals surface area (Å²) in [5.41, 5.74) is 0. The molecule has 0 unspecified atom stereocenters. The van der Waals surface area contributed by atoms with Crippen LogP contribution in [0.5, 0.6) is 0 Å². The van der Waals surface area contributed by atoms with Gasteiger partial charge in [0, 0.05) is 4.88 Å². The van der Waals surface area contributed by atoms with Crippen LogP contribution in [0.4, 0.5) is 12.9 Å². The van der Waals surface area contributed by atoms with E-state index >= 15 is 0 Å². The fraction of sp³-hybridized carbons (Fsp3) is 0.333. The van der Waals surface area contributed by atoms with Gasteiger partial charge in [0.1, 0.15) is 0 Å². The number of thiophene rings is 1. The van der Waals surface area contributed by atoms with E-state index in [1.807, 2.05) is 0 Å². The molecule has 1 rings (SSSR count). The van der Waals surface area contributed by atoms with E-state index in [0.717, 1.165) is 4.88 Å². The third-order valence-corrected chi connectivity index (χ3v) is 2.23. The molecule has 0 aromatic carbocycles. The summed E-state index contributed by atoms with van der Waals surface area (Å²) in [6.45, 7) is -4.60. The predicted octanol–water partition coefficient (Wildman–Crippen LogP) is 0.142. The molecule has 0 aliphatic rings. The van der Waals surface area contributed by atoms with Gasteiger partial charge < -0.3 is 12.9 Å². The Hall–Kier alpha value is 1.19. The number of hydrogen-bond donors (Lipinski definition) is 0. The van der Waals surface area contributed by atoms with Crippen molar-refractivity contribution in [3.8, 4) is 0 Å². The van der Waals surface area contributed by atoms with E-state index < -0.39 is 13.3 Å². The molecule has 0 atom stereocenters. The topological polar surface area (TPSA) is 0 Å². The van der Waals surface area contributed by atoms with Crippen molar-refractivity contribution in [1.29, 1.82) is 0 Å². The van der Waals surface area contributed by atoms with Crippen LogP contribution in [0.3, 0.4) is 0 Å². The molecule has 1 aromatic rings. The van der Waals surface area contributed by atoms with Crippen molar-refractivity contribution in [2.45, 2.75) is 12.7 Å². The second-order valence-electron chi connectivity index (χ2n) is 2.33. The van der Waals surface area contributed by atoms with Gasteiger partial charge in [-0.15, -0.1) is 11.3 Å². The zero-order valence-corrected chi connectivity index (χ0v) is 10.7. The first-order valence-corrected chi connectivity index (χ1v) is 4.19. The summed E-state index contributed by atoms with van der Waals surface area (Å²) < 4.78 is 35.1. The molecule has 6 heteroatoms. The van der Waals surface area contributed by atoms with Gasteiger partial charge in [0.2, 0.25) is 0 Å². The molecular formula is C6H7BF3KS. The maximum absolute atomic E-state index is 11.7. The summed E-state index contributed by atoms with van der Waals surface area (Å²) in [6, 6.07) is 3.50. The Morgan fingerprint density at radius 3 is 2.42 bits per heavy atom. The Kier molecular flexibility index (Phi) is 6.40. The second-order valence-corrected chi connectivity index (χ2v) is 3.36. The summed E-state index contributed by atoms with van der Waals surface area (Å²) in [7, 11) is 0. The Morgan fingerprint density at radius 1 is 1.33 bits per heavy atom. The van der Waals surface area contributed by atoms with E-state index in [2.05, 4.69) is 0 Å². The van der Waals surface area contributed by atoms with Crippen LogP contribution in [0, 0.1) is 0 Å². The Labute approximate surface area is 116 Å². The molecule has 0 bridgehead atoms. The molecule has 62 valence electrons. The van der Waals surface area contributed by atoms with Gasteiger partial charge in [0.15, 0.2) is 0 Å². The van der Waals surface area contributed by atoms with Crippen LogP contribution in [0.15, 0.2) is 17.5 Å². The van der Waals surface area contributed by atoms with Crippen LogP contribution in [-0.2, 0) is 6.42 Å².